The van der Waals surface area contributed by atoms with Gasteiger partial charge in [-0.15, -0.1) is 0 Å². The van der Waals surface area contributed by atoms with E-state index in [2.05, 4.69) is 41.5 Å². The Balaban J connectivity index is 1.28. The van der Waals surface area contributed by atoms with Crippen molar-refractivity contribution < 1.29 is 19.2 Å². The van der Waals surface area contributed by atoms with Crippen LogP contribution in [0.25, 0.3) is 43.1 Å². The highest BCUT2D eigenvalue weighted by Gasteiger charge is 2.40. The van der Waals surface area contributed by atoms with Crippen molar-refractivity contribution in [2.24, 2.45) is 0 Å². The Kier molecular flexibility index (Phi) is 5.95. The Bertz CT molecular complexity index is 2400. The van der Waals surface area contributed by atoms with Crippen molar-refractivity contribution in [2.45, 2.75) is 52.4 Å². The zero-order chi connectivity index (χ0) is 35.0. The minimum atomic E-state index is -0.356. The quantitative estimate of drug-likeness (QED) is 0.106. The maximum atomic E-state index is 14.3. The van der Waals surface area contributed by atoms with Crippen molar-refractivity contribution in [3.8, 4) is 0 Å². The van der Waals surface area contributed by atoms with Crippen LogP contribution in [0.2, 0.25) is 0 Å². The van der Waals surface area contributed by atoms with Crippen LogP contribution in [0.4, 0.5) is 11.4 Å². The summed E-state index contributed by atoms with van der Waals surface area (Å²) in [6.07, 6.45) is 0. The average Bonchev–Trinajstić information content (AvgIpc) is 3.08. The van der Waals surface area contributed by atoms with E-state index in [-0.39, 0.29) is 34.5 Å². The van der Waals surface area contributed by atoms with Gasteiger partial charge in [-0.25, -0.2) is 9.80 Å². The molecule has 0 N–H and O–H groups in total. The van der Waals surface area contributed by atoms with Crippen LogP contribution in [0.3, 0.4) is 0 Å². The van der Waals surface area contributed by atoms with Crippen LogP contribution in [-0.2, 0) is 10.8 Å². The molecule has 9 rings (SSSR count). The number of hydrogen-bond donors (Lipinski definition) is 0. The van der Waals surface area contributed by atoms with Crippen molar-refractivity contribution in [1.82, 2.24) is 0 Å². The highest BCUT2D eigenvalue weighted by molar-refractivity contribution is 6.45. The Morgan fingerprint density at radius 3 is 0.920 bits per heavy atom. The van der Waals surface area contributed by atoms with Gasteiger partial charge in [-0.3, -0.25) is 19.2 Å². The van der Waals surface area contributed by atoms with Gasteiger partial charge in [0, 0.05) is 33.0 Å². The van der Waals surface area contributed by atoms with E-state index in [9.17, 15) is 19.2 Å². The lowest BCUT2D eigenvalue weighted by Crippen LogP contribution is -2.42. The summed E-state index contributed by atoms with van der Waals surface area (Å²) in [5.74, 6) is -1.42. The first-order chi connectivity index (χ1) is 23.8. The molecule has 0 aromatic heterocycles. The molecule has 2 heterocycles. The second-order valence-electron chi connectivity index (χ2n) is 15.6. The summed E-state index contributed by atoms with van der Waals surface area (Å²) in [5.41, 5.74) is 4.29. The van der Waals surface area contributed by atoms with Crippen molar-refractivity contribution in [3.63, 3.8) is 0 Å². The smallest absolute Gasteiger partial charge is 0.265 e. The summed E-state index contributed by atoms with van der Waals surface area (Å²) < 4.78 is 0. The summed E-state index contributed by atoms with van der Waals surface area (Å²) in [5, 5.41) is 6.38. The van der Waals surface area contributed by atoms with Crippen LogP contribution in [0.15, 0.2) is 97.1 Å². The summed E-state index contributed by atoms with van der Waals surface area (Å²) in [4.78, 5) is 59.9. The van der Waals surface area contributed by atoms with Gasteiger partial charge in [0.1, 0.15) is 0 Å². The molecule has 0 fully saturated rings. The van der Waals surface area contributed by atoms with E-state index >= 15 is 0 Å². The Hall–Kier alpha value is -5.88. The summed E-state index contributed by atoms with van der Waals surface area (Å²) in [6.45, 7) is 12.4. The predicted octanol–water partition coefficient (Wildman–Crippen LogP) is 9.93. The van der Waals surface area contributed by atoms with Crippen LogP contribution in [0, 0.1) is 0 Å². The Morgan fingerprint density at radius 2 is 0.640 bits per heavy atom. The van der Waals surface area contributed by atoms with Gasteiger partial charge in [0.2, 0.25) is 0 Å². The van der Waals surface area contributed by atoms with Crippen LogP contribution in [0.1, 0.15) is 94.1 Å². The van der Waals surface area contributed by atoms with Crippen LogP contribution < -0.4 is 9.80 Å². The summed E-state index contributed by atoms with van der Waals surface area (Å²) in [6, 6.07) is 30.2. The monoisotopic (exact) mass is 654 g/mol. The molecule has 0 atom stereocenters. The molecule has 6 heteroatoms. The molecule has 0 aliphatic carbocycles. The van der Waals surface area contributed by atoms with Gasteiger partial charge in [0.15, 0.2) is 0 Å². The fraction of sp³-hybridized carbons (Fsp3) is 0.182. The van der Waals surface area contributed by atoms with Crippen LogP contribution in [-0.4, -0.2) is 23.6 Å². The number of amides is 4. The van der Waals surface area contributed by atoms with Gasteiger partial charge in [-0.2, -0.15) is 0 Å². The number of benzene rings is 7. The first kappa shape index (κ1) is 30.2. The maximum absolute atomic E-state index is 14.3. The molecular formula is C44H34N2O4. The summed E-state index contributed by atoms with van der Waals surface area (Å²) in [7, 11) is 0. The van der Waals surface area contributed by atoms with E-state index in [0.717, 1.165) is 43.4 Å². The number of anilines is 2. The number of carbonyl (C=O) groups is 4. The Morgan fingerprint density at radius 1 is 0.360 bits per heavy atom. The number of rotatable bonds is 2. The van der Waals surface area contributed by atoms with Crippen molar-refractivity contribution in [2.75, 3.05) is 9.80 Å². The number of imide groups is 2. The van der Waals surface area contributed by atoms with Gasteiger partial charge in [0.25, 0.3) is 23.6 Å². The van der Waals surface area contributed by atoms with E-state index in [0.29, 0.717) is 44.4 Å². The number of carbonyl (C=O) groups excluding carboxylic acids is 4. The number of hydrogen-bond acceptors (Lipinski definition) is 4. The zero-order valence-electron chi connectivity index (χ0n) is 28.8. The normalized spacial score (nSPS) is 15.1. The minimum Gasteiger partial charge on any atom is -0.268 e. The van der Waals surface area contributed by atoms with E-state index < -0.39 is 0 Å². The van der Waals surface area contributed by atoms with E-state index in [1.54, 1.807) is 0 Å². The first-order valence-electron chi connectivity index (χ1n) is 17.0. The largest absolute Gasteiger partial charge is 0.268 e. The molecule has 6 nitrogen and oxygen atoms in total. The molecule has 4 amide bonds. The van der Waals surface area contributed by atoms with Crippen molar-refractivity contribution >= 4 is 78.1 Å². The minimum absolute atomic E-state index is 0.292. The van der Waals surface area contributed by atoms with E-state index in [1.807, 2.05) is 97.1 Å². The fourth-order valence-electron chi connectivity index (χ4n) is 8.31. The second kappa shape index (κ2) is 9.85. The van der Waals surface area contributed by atoms with Crippen molar-refractivity contribution in [3.05, 3.63) is 130 Å². The van der Waals surface area contributed by atoms with Crippen molar-refractivity contribution in [1.29, 1.82) is 0 Å². The zero-order valence-corrected chi connectivity index (χ0v) is 28.8. The van der Waals surface area contributed by atoms with Crippen LogP contribution in [0.5, 0.6) is 0 Å². The molecule has 0 unspecified atom stereocenters. The predicted molar refractivity (Wildman–Crippen MR) is 200 cm³/mol. The van der Waals surface area contributed by atoms with E-state index in [1.165, 1.54) is 9.80 Å². The highest BCUT2D eigenvalue weighted by Crippen LogP contribution is 2.48. The maximum Gasteiger partial charge on any atom is 0.265 e. The molecule has 7 aromatic carbocycles. The highest BCUT2D eigenvalue weighted by atomic mass is 16.2. The lowest BCUT2D eigenvalue weighted by molar-refractivity contribution is 0.0877. The average molecular weight is 655 g/mol. The molecule has 0 saturated carbocycles. The molecule has 0 bridgehead atoms. The Labute approximate surface area is 289 Å². The molecule has 0 saturated heterocycles. The second-order valence-corrected chi connectivity index (χ2v) is 15.6. The topological polar surface area (TPSA) is 74.8 Å². The molecule has 0 radical (unpaired) electrons. The summed E-state index contributed by atoms with van der Waals surface area (Å²) >= 11 is 0. The molecule has 0 spiro atoms. The third kappa shape index (κ3) is 3.84. The molecule has 2 aliphatic rings. The lowest BCUT2D eigenvalue weighted by Gasteiger charge is -2.33. The van der Waals surface area contributed by atoms with Gasteiger partial charge in [-0.05, 0) is 90.7 Å². The molecule has 50 heavy (non-hydrogen) atoms. The standard InChI is InChI=1S/C44H34N2O4/c1-43(2,3)31-11-7-9-13-33(31)45-39(47)27-19-15-23-25-17-21-29-38-30(42(50)46(41(29)49)34-14-10-8-12-32(34)44(4,5)6)22-18-26(36(25)38)24-16-20-28(40(45)48)37(27)35(23)24/h7-22H,1-6H3. The molecule has 2 aliphatic heterocycles. The van der Waals surface area contributed by atoms with Gasteiger partial charge < -0.3 is 0 Å². The number of nitrogens with zero attached hydrogens (tertiary/aromatic N) is 2. The van der Waals surface area contributed by atoms with Crippen LogP contribution >= 0.6 is 0 Å². The third-order valence-electron chi connectivity index (χ3n) is 10.5. The van der Waals surface area contributed by atoms with E-state index in [4.69, 9.17) is 0 Å². The lowest BCUT2D eigenvalue weighted by atomic mass is 9.81. The SMILES string of the molecule is CC(C)(C)c1ccccc1N1C(=O)c2ccc3c4ccc5c6c(ccc(c7ccc(c2c37)C1=O)c64)C(=O)N(c1ccccc1C(C)(C)C)C5=O. The van der Waals surface area contributed by atoms with Gasteiger partial charge in [-0.1, -0.05) is 102 Å². The molecular weight excluding hydrogens is 620 g/mol. The number of para-hydroxylation sites is 2. The van der Waals surface area contributed by atoms with Gasteiger partial charge in [0.05, 0.1) is 11.4 Å². The van der Waals surface area contributed by atoms with Gasteiger partial charge >= 0.3 is 0 Å². The number of fused-ring (bicyclic) bond motifs is 2. The first-order valence-corrected chi connectivity index (χ1v) is 17.0. The molecule has 7 aromatic rings. The third-order valence-corrected chi connectivity index (χ3v) is 10.5. The molecule has 244 valence electrons. The fourth-order valence-corrected chi connectivity index (χ4v) is 8.31.